The van der Waals surface area contributed by atoms with Crippen molar-refractivity contribution in [2.24, 2.45) is 11.5 Å². The van der Waals surface area contributed by atoms with Gasteiger partial charge in [0.2, 0.25) is 0 Å². The maximum absolute atomic E-state index is 9.74. The Labute approximate surface area is 94.3 Å². The van der Waals surface area contributed by atoms with E-state index in [2.05, 4.69) is 0 Å². The number of aliphatic hydroxyl groups is 2. The first-order chi connectivity index (χ1) is 7.47. The van der Waals surface area contributed by atoms with Crippen LogP contribution < -0.4 is 11.5 Å². The minimum absolute atomic E-state index is 0.186. The average molecular weight is 226 g/mol. The molecule has 0 bridgehead atoms. The molecule has 0 saturated carbocycles. The van der Waals surface area contributed by atoms with Gasteiger partial charge in [-0.05, 0) is 24.1 Å². The van der Waals surface area contributed by atoms with Crippen LogP contribution in [0.2, 0.25) is 0 Å². The van der Waals surface area contributed by atoms with Gasteiger partial charge in [-0.15, -0.1) is 0 Å². The number of benzene rings is 1. The smallest absolute Gasteiger partial charge is 0.132 e. The maximum atomic E-state index is 9.74. The fraction of sp³-hybridized carbons (Fsp3) is 0.455. The van der Waals surface area contributed by atoms with Gasteiger partial charge in [0.15, 0.2) is 0 Å². The quantitative estimate of drug-likeness (QED) is 0.472. The van der Waals surface area contributed by atoms with Crippen molar-refractivity contribution in [3.63, 3.8) is 0 Å². The number of nitrogens with two attached hydrogens (primary N) is 2. The Morgan fingerprint density at radius 3 is 1.88 bits per heavy atom. The fourth-order valence-corrected chi connectivity index (χ4v) is 1.63. The van der Waals surface area contributed by atoms with Crippen LogP contribution in [-0.2, 0) is 6.42 Å². The van der Waals surface area contributed by atoms with Crippen LogP contribution in [0.15, 0.2) is 12.1 Å². The Kier molecular flexibility index (Phi) is 4.26. The zero-order valence-electron chi connectivity index (χ0n) is 9.22. The van der Waals surface area contributed by atoms with Gasteiger partial charge in [0.05, 0.1) is 0 Å². The van der Waals surface area contributed by atoms with E-state index in [-0.39, 0.29) is 16.9 Å². The van der Waals surface area contributed by atoms with Crippen molar-refractivity contribution in [1.82, 2.24) is 0 Å². The lowest BCUT2D eigenvalue weighted by molar-refractivity contribution is 0.171. The molecule has 0 aliphatic rings. The van der Waals surface area contributed by atoms with Crippen molar-refractivity contribution < 1.29 is 15.3 Å². The second-order valence-corrected chi connectivity index (χ2v) is 3.76. The second-order valence-electron chi connectivity index (χ2n) is 3.76. The third-order valence-electron chi connectivity index (χ3n) is 2.40. The molecule has 5 heteroatoms. The molecule has 0 aliphatic carbocycles. The van der Waals surface area contributed by atoms with E-state index in [1.165, 1.54) is 0 Å². The largest absolute Gasteiger partial charge is 0.507 e. The molecule has 90 valence electrons. The number of hydrogen-bond donors (Lipinski definition) is 5. The van der Waals surface area contributed by atoms with E-state index < -0.39 is 12.5 Å². The highest BCUT2D eigenvalue weighted by Gasteiger charge is 2.16. The summed E-state index contributed by atoms with van der Waals surface area (Å²) in [6, 6.07) is 3.24. The number of phenolic OH excluding ortho intramolecular Hbond substituents is 1. The molecule has 0 fully saturated rings. The molecule has 1 aromatic carbocycles. The van der Waals surface area contributed by atoms with Crippen LogP contribution >= 0.6 is 0 Å². The molecule has 2 atom stereocenters. The summed E-state index contributed by atoms with van der Waals surface area (Å²) in [5, 5.41) is 28.3. The molecule has 5 nitrogen and oxygen atoms in total. The summed E-state index contributed by atoms with van der Waals surface area (Å²) < 4.78 is 0. The summed E-state index contributed by atoms with van der Waals surface area (Å²) in [7, 11) is 0. The van der Waals surface area contributed by atoms with Gasteiger partial charge in [-0.25, -0.2) is 0 Å². The fourth-order valence-electron chi connectivity index (χ4n) is 1.63. The molecule has 0 saturated heterocycles. The van der Waals surface area contributed by atoms with Crippen molar-refractivity contribution >= 4 is 0 Å². The molecule has 0 aromatic heterocycles. The number of rotatable bonds is 4. The van der Waals surface area contributed by atoms with Crippen molar-refractivity contribution in [2.75, 3.05) is 0 Å². The molecule has 0 amide bonds. The molecule has 2 unspecified atom stereocenters. The summed E-state index contributed by atoms with van der Waals surface area (Å²) in [6.45, 7) is 2.00. The summed E-state index contributed by atoms with van der Waals surface area (Å²) in [5.74, 6) is -0.246. The zero-order chi connectivity index (χ0) is 12.3. The zero-order valence-corrected chi connectivity index (χ0v) is 9.22. The molecule has 0 heterocycles. The van der Waals surface area contributed by atoms with Gasteiger partial charge >= 0.3 is 0 Å². The third-order valence-corrected chi connectivity index (χ3v) is 2.40. The van der Waals surface area contributed by atoms with Crippen LogP contribution in [0, 0.1) is 0 Å². The van der Waals surface area contributed by atoms with Gasteiger partial charge in [0, 0.05) is 11.1 Å². The number of aromatic hydroxyl groups is 1. The van der Waals surface area contributed by atoms with Crippen molar-refractivity contribution in [2.45, 2.75) is 32.2 Å². The first-order valence-corrected chi connectivity index (χ1v) is 5.20. The Morgan fingerprint density at radius 1 is 1.12 bits per heavy atom. The molecule has 0 aliphatic heterocycles. The van der Waals surface area contributed by atoms with Crippen LogP contribution in [0.5, 0.6) is 5.75 Å². The average Bonchev–Trinajstić information content (AvgIpc) is 2.19. The predicted octanol–water partition coefficient (Wildman–Crippen LogP) is 0.244. The Hall–Kier alpha value is -1.14. The number of hydrogen-bond acceptors (Lipinski definition) is 5. The van der Waals surface area contributed by atoms with E-state index in [4.69, 9.17) is 11.5 Å². The molecular weight excluding hydrogens is 208 g/mol. The lowest BCUT2D eigenvalue weighted by atomic mass is 9.99. The first-order valence-electron chi connectivity index (χ1n) is 5.20. The molecule has 16 heavy (non-hydrogen) atoms. The van der Waals surface area contributed by atoms with Crippen LogP contribution in [0.4, 0.5) is 0 Å². The summed E-state index contributed by atoms with van der Waals surface area (Å²) >= 11 is 0. The van der Waals surface area contributed by atoms with Crippen LogP contribution in [-0.4, -0.2) is 15.3 Å². The Balaban J connectivity index is 3.27. The van der Waals surface area contributed by atoms with Crippen LogP contribution in [0.3, 0.4) is 0 Å². The normalized spacial score (nSPS) is 14.8. The predicted molar refractivity (Wildman–Crippen MR) is 60.4 cm³/mol. The lowest BCUT2D eigenvalue weighted by Crippen LogP contribution is -2.14. The highest BCUT2D eigenvalue weighted by atomic mass is 16.3. The van der Waals surface area contributed by atoms with Crippen LogP contribution in [0.1, 0.15) is 42.5 Å². The van der Waals surface area contributed by atoms with Crippen molar-refractivity contribution in [3.05, 3.63) is 28.8 Å². The SMILES string of the molecule is CCCc1cc(C(N)O)c(O)c(C(N)O)c1. The highest BCUT2D eigenvalue weighted by Crippen LogP contribution is 2.30. The molecule has 7 N–H and O–H groups in total. The van der Waals surface area contributed by atoms with E-state index in [9.17, 15) is 15.3 Å². The Morgan fingerprint density at radius 2 is 1.56 bits per heavy atom. The number of aryl methyl sites for hydroxylation is 1. The number of aliphatic hydroxyl groups excluding tert-OH is 2. The Bertz CT molecular complexity index is 335. The summed E-state index contributed by atoms with van der Waals surface area (Å²) in [6.07, 6.45) is -0.895. The molecule has 0 spiro atoms. The van der Waals surface area contributed by atoms with Gasteiger partial charge in [0.25, 0.3) is 0 Å². The molecule has 1 aromatic rings. The van der Waals surface area contributed by atoms with Crippen molar-refractivity contribution in [3.8, 4) is 5.75 Å². The minimum Gasteiger partial charge on any atom is -0.507 e. The monoisotopic (exact) mass is 226 g/mol. The van der Waals surface area contributed by atoms with Gasteiger partial charge < -0.3 is 26.8 Å². The molecule has 0 radical (unpaired) electrons. The first kappa shape index (κ1) is 12.9. The van der Waals surface area contributed by atoms with Gasteiger partial charge in [-0.1, -0.05) is 13.3 Å². The maximum Gasteiger partial charge on any atom is 0.132 e. The third kappa shape index (κ3) is 2.70. The van der Waals surface area contributed by atoms with E-state index in [1.54, 1.807) is 12.1 Å². The summed E-state index contributed by atoms with van der Waals surface area (Å²) in [4.78, 5) is 0. The van der Waals surface area contributed by atoms with E-state index >= 15 is 0 Å². The summed E-state index contributed by atoms with van der Waals surface area (Å²) in [5.41, 5.74) is 11.9. The minimum atomic E-state index is -1.28. The van der Waals surface area contributed by atoms with Gasteiger partial charge in [-0.2, -0.15) is 0 Å². The second kappa shape index (κ2) is 5.27. The van der Waals surface area contributed by atoms with E-state index in [0.29, 0.717) is 0 Å². The number of phenols is 1. The lowest BCUT2D eigenvalue weighted by Gasteiger charge is -2.16. The van der Waals surface area contributed by atoms with E-state index in [0.717, 1.165) is 18.4 Å². The topological polar surface area (TPSA) is 113 Å². The van der Waals surface area contributed by atoms with Crippen LogP contribution in [0.25, 0.3) is 0 Å². The van der Waals surface area contributed by atoms with E-state index in [1.807, 2.05) is 6.92 Å². The molecular formula is C11H18N2O3. The van der Waals surface area contributed by atoms with Gasteiger partial charge in [-0.3, -0.25) is 0 Å². The van der Waals surface area contributed by atoms with Gasteiger partial charge in [0.1, 0.15) is 18.2 Å². The van der Waals surface area contributed by atoms with Crippen molar-refractivity contribution in [1.29, 1.82) is 0 Å². The standard InChI is InChI=1S/C11H18N2O3/c1-2-3-6-4-7(10(12)15)9(14)8(5-6)11(13)16/h4-5,10-11,14-16H,2-3,12-13H2,1H3. The highest BCUT2D eigenvalue weighted by molar-refractivity contribution is 5.45. The molecule has 1 rings (SSSR count).